The van der Waals surface area contributed by atoms with Gasteiger partial charge in [-0.1, -0.05) is 6.07 Å². The van der Waals surface area contributed by atoms with Crippen LogP contribution in [0.5, 0.6) is 0 Å². The topological polar surface area (TPSA) is 64.1 Å². The number of nitrogens with two attached hydrogens (primary N) is 1. The van der Waals surface area contributed by atoms with Gasteiger partial charge >= 0.3 is 0 Å². The summed E-state index contributed by atoms with van der Waals surface area (Å²) in [6.07, 6.45) is 0. The summed E-state index contributed by atoms with van der Waals surface area (Å²) >= 11 is 0. The summed E-state index contributed by atoms with van der Waals surface area (Å²) < 4.78 is 18.7. The van der Waals surface area contributed by atoms with E-state index in [1.54, 1.807) is 24.3 Å². The lowest BCUT2D eigenvalue weighted by Gasteiger charge is -2.05. The number of aryl methyl sites for hydroxylation is 1. The van der Waals surface area contributed by atoms with Gasteiger partial charge in [0.05, 0.1) is 0 Å². The van der Waals surface area contributed by atoms with E-state index >= 15 is 0 Å². The minimum atomic E-state index is -0.312. The Morgan fingerprint density at radius 1 is 1.21 bits per heavy atom. The number of nitrogens with zero attached hydrogens (tertiary/aromatic N) is 1. The number of nitrogen functional groups attached to an aromatic ring is 1. The Kier molecular flexibility index (Phi) is 2.59. The van der Waals surface area contributed by atoms with Crippen LogP contribution < -0.4 is 11.1 Å². The van der Waals surface area contributed by atoms with E-state index in [4.69, 9.17) is 10.2 Å². The molecule has 1 heterocycles. The van der Waals surface area contributed by atoms with Crippen LogP contribution in [0.2, 0.25) is 0 Å². The zero-order valence-electron chi connectivity index (χ0n) is 10.3. The summed E-state index contributed by atoms with van der Waals surface area (Å²) in [4.78, 5) is 4.26. The fourth-order valence-electron chi connectivity index (χ4n) is 1.84. The number of aromatic nitrogens is 1. The van der Waals surface area contributed by atoms with Gasteiger partial charge in [0.1, 0.15) is 11.3 Å². The molecule has 0 saturated heterocycles. The molecule has 3 rings (SSSR count). The predicted octanol–water partition coefficient (Wildman–Crippen LogP) is 3.60. The van der Waals surface area contributed by atoms with Gasteiger partial charge < -0.3 is 15.5 Å². The van der Waals surface area contributed by atoms with E-state index < -0.39 is 0 Å². The van der Waals surface area contributed by atoms with Crippen molar-refractivity contribution in [2.24, 2.45) is 0 Å². The van der Waals surface area contributed by atoms with Crippen LogP contribution in [0.1, 0.15) is 5.56 Å². The SMILES string of the molecule is Cc1ccc(F)cc1Nc1nc2cc(N)ccc2o1. The number of rotatable bonds is 2. The summed E-state index contributed by atoms with van der Waals surface area (Å²) in [6, 6.07) is 10.0. The van der Waals surface area contributed by atoms with Crippen LogP contribution in [0.15, 0.2) is 40.8 Å². The van der Waals surface area contributed by atoms with Crippen molar-refractivity contribution in [3.63, 3.8) is 0 Å². The molecule has 0 aliphatic heterocycles. The molecule has 5 heteroatoms. The van der Waals surface area contributed by atoms with E-state index in [9.17, 15) is 4.39 Å². The fraction of sp³-hybridized carbons (Fsp3) is 0.0714. The van der Waals surface area contributed by atoms with Gasteiger partial charge in [-0.3, -0.25) is 0 Å². The second-order valence-corrected chi connectivity index (χ2v) is 4.33. The smallest absolute Gasteiger partial charge is 0.300 e. The average molecular weight is 257 g/mol. The highest BCUT2D eigenvalue weighted by Crippen LogP contribution is 2.25. The van der Waals surface area contributed by atoms with Crippen LogP contribution in [-0.4, -0.2) is 4.98 Å². The number of oxazole rings is 1. The maximum absolute atomic E-state index is 13.2. The Bertz CT molecular complexity index is 752. The molecular formula is C14H12FN3O. The number of hydrogen-bond acceptors (Lipinski definition) is 4. The van der Waals surface area contributed by atoms with E-state index in [1.165, 1.54) is 12.1 Å². The first kappa shape index (κ1) is 11.5. The number of halogens is 1. The molecule has 0 spiro atoms. The van der Waals surface area contributed by atoms with Gasteiger partial charge in [0.15, 0.2) is 5.58 Å². The van der Waals surface area contributed by atoms with Crippen molar-refractivity contribution in [2.45, 2.75) is 6.92 Å². The highest BCUT2D eigenvalue weighted by Gasteiger charge is 2.08. The number of nitrogens with one attached hydrogen (secondary N) is 1. The second kappa shape index (κ2) is 4.28. The highest BCUT2D eigenvalue weighted by molar-refractivity contribution is 5.78. The van der Waals surface area contributed by atoms with Gasteiger partial charge in [-0.2, -0.15) is 4.98 Å². The number of fused-ring (bicyclic) bond motifs is 1. The molecule has 19 heavy (non-hydrogen) atoms. The predicted molar refractivity (Wildman–Crippen MR) is 72.8 cm³/mol. The summed E-state index contributed by atoms with van der Waals surface area (Å²) in [5.74, 6) is -0.312. The maximum Gasteiger partial charge on any atom is 0.300 e. The second-order valence-electron chi connectivity index (χ2n) is 4.33. The first-order valence-corrected chi connectivity index (χ1v) is 5.81. The van der Waals surface area contributed by atoms with Crippen LogP contribution in [0, 0.1) is 12.7 Å². The Hall–Kier alpha value is -2.56. The van der Waals surface area contributed by atoms with E-state index in [0.717, 1.165) is 5.56 Å². The average Bonchev–Trinajstić information content (AvgIpc) is 2.75. The molecule has 4 nitrogen and oxygen atoms in total. The van der Waals surface area contributed by atoms with Crippen molar-refractivity contribution in [1.29, 1.82) is 0 Å². The molecule has 1 aromatic heterocycles. The standard InChI is InChI=1S/C14H12FN3O/c1-8-2-3-9(15)6-11(8)17-14-18-12-7-10(16)4-5-13(12)19-14/h2-7H,16H2,1H3,(H,17,18). The van der Waals surface area contributed by atoms with Gasteiger partial charge in [0, 0.05) is 11.4 Å². The Balaban J connectivity index is 1.98. The molecule has 3 aromatic rings. The zero-order valence-corrected chi connectivity index (χ0v) is 10.3. The van der Waals surface area contributed by atoms with E-state index in [1.807, 2.05) is 6.92 Å². The summed E-state index contributed by atoms with van der Waals surface area (Å²) in [5, 5.41) is 2.96. The zero-order chi connectivity index (χ0) is 13.4. The first-order valence-electron chi connectivity index (χ1n) is 5.81. The summed E-state index contributed by atoms with van der Waals surface area (Å²) in [7, 11) is 0. The minimum Gasteiger partial charge on any atom is -0.423 e. The lowest BCUT2D eigenvalue weighted by atomic mass is 10.2. The molecule has 0 aliphatic carbocycles. The molecule has 0 amide bonds. The molecule has 3 N–H and O–H groups in total. The molecule has 0 fully saturated rings. The largest absolute Gasteiger partial charge is 0.423 e. The van der Waals surface area contributed by atoms with Crippen LogP contribution in [0.4, 0.5) is 21.8 Å². The summed E-state index contributed by atoms with van der Waals surface area (Å²) in [6.45, 7) is 1.88. The Morgan fingerprint density at radius 2 is 2.05 bits per heavy atom. The molecule has 0 atom stereocenters. The van der Waals surface area contributed by atoms with E-state index in [0.29, 0.717) is 28.5 Å². The van der Waals surface area contributed by atoms with E-state index in [2.05, 4.69) is 10.3 Å². The molecule has 96 valence electrons. The third-order valence-electron chi connectivity index (χ3n) is 2.85. The van der Waals surface area contributed by atoms with Gasteiger partial charge in [-0.05, 0) is 42.8 Å². The van der Waals surface area contributed by atoms with Gasteiger partial charge in [0.2, 0.25) is 0 Å². The van der Waals surface area contributed by atoms with Crippen molar-refractivity contribution < 1.29 is 8.81 Å². The molecule has 0 radical (unpaired) electrons. The maximum atomic E-state index is 13.2. The van der Waals surface area contributed by atoms with Gasteiger partial charge in [-0.25, -0.2) is 4.39 Å². The fourth-order valence-corrected chi connectivity index (χ4v) is 1.84. The molecular weight excluding hydrogens is 245 g/mol. The quantitative estimate of drug-likeness (QED) is 0.688. The van der Waals surface area contributed by atoms with Gasteiger partial charge in [0.25, 0.3) is 6.01 Å². The van der Waals surface area contributed by atoms with Crippen molar-refractivity contribution in [2.75, 3.05) is 11.1 Å². The lowest BCUT2D eigenvalue weighted by molar-refractivity contribution is 0.620. The first-order chi connectivity index (χ1) is 9.11. The lowest BCUT2D eigenvalue weighted by Crippen LogP contribution is -1.93. The number of hydrogen-bond donors (Lipinski definition) is 2. The Morgan fingerprint density at radius 3 is 2.89 bits per heavy atom. The van der Waals surface area contributed by atoms with Crippen molar-refractivity contribution >= 4 is 28.5 Å². The van der Waals surface area contributed by atoms with E-state index in [-0.39, 0.29) is 5.82 Å². The molecule has 2 aromatic carbocycles. The normalized spacial score (nSPS) is 10.8. The molecule has 0 bridgehead atoms. The third kappa shape index (κ3) is 2.22. The van der Waals surface area contributed by atoms with Crippen LogP contribution in [-0.2, 0) is 0 Å². The van der Waals surface area contributed by atoms with Crippen LogP contribution >= 0.6 is 0 Å². The Labute approximate surface area is 109 Å². The number of benzene rings is 2. The summed E-state index contributed by atoms with van der Waals surface area (Å²) in [5.41, 5.74) is 9.12. The third-order valence-corrected chi connectivity index (χ3v) is 2.85. The molecule has 0 unspecified atom stereocenters. The van der Waals surface area contributed by atoms with Crippen molar-refractivity contribution in [1.82, 2.24) is 4.98 Å². The number of anilines is 3. The van der Waals surface area contributed by atoms with Gasteiger partial charge in [-0.15, -0.1) is 0 Å². The molecule has 0 saturated carbocycles. The van der Waals surface area contributed by atoms with Crippen LogP contribution in [0.3, 0.4) is 0 Å². The van der Waals surface area contributed by atoms with Crippen LogP contribution in [0.25, 0.3) is 11.1 Å². The van der Waals surface area contributed by atoms with Crippen molar-refractivity contribution in [3.8, 4) is 0 Å². The highest BCUT2D eigenvalue weighted by atomic mass is 19.1. The minimum absolute atomic E-state index is 0.312. The molecule has 0 aliphatic rings. The van der Waals surface area contributed by atoms with Crippen molar-refractivity contribution in [3.05, 3.63) is 47.8 Å². The monoisotopic (exact) mass is 257 g/mol.